The fourth-order valence-corrected chi connectivity index (χ4v) is 3.49. The van der Waals surface area contributed by atoms with Gasteiger partial charge in [0.25, 0.3) is 5.91 Å². The molecule has 1 saturated heterocycles. The largest absolute Gasteiger partial charge is 0.454 e. The van der Waals surface area contributed by atoms with E-state index in [9.17, 15) is 14.0 Å². The van der Waals surface area contributed by atoms with Crippen molar-refractivity contribution >= 4 is 17.6 Å². The molecule has 0 aromatic heterocycles. The van der Waals surface area contributed by atoms with Crippen molar-refractivity contribution in [2.75, 3.05) is 4.90 Å². The smallest absolute Gasteiger partial charge is 0.329 e. The van der Waals surface area contributed by atoms with E-state index in [4.69, 9.17) is 4.74 Å². The number of amides is 3. The maximum Gasteiger partial charge on any atom is 0.329 e. The molecular weight excluding hydrogens is 371 g/mol. The molecule has 6 heteroatoms. The maximum absolute atomic E-state index is 13.8. The Kier molecular flexibility index (Phi) is 4.76. The molecule has 0 aliphatic carbocycles. The zero-order chi connectivity index (χ0) is 20.4. The number of hydrogen-bond acceptors (Lipinski definition) is 3. The summed E-state index contributed by atoms with van der Waals surface area (Å²) in [6.45, 7) is 1.86. The van der Waals surface area contributed by atoms with Crippen LogP contribution in [-0.4, -0.2) is 11.9 Å². The highest BCUT2D eigenvalue weighted by Crippen LogP contribution is 2.35. The zero-order valence-electron chi connectivity index (χ0n) is 15.8. The van der Waals surface area contributed by atoms with Gasteiger partial charge < -0.3 is 10.1 Å². The van der Waals surface area contributed by atoms with E-state index in [2.05, 4.69) is 5.32 Å². The lowest BCUT2D eigenvalue weighted by atomic mass is 9.87. The lowest BCUT2D eigenvalue weighted by molar-refractivity contribution is -0.122. The van der Waals surface area contributed by atoms with E-state index < -0.39 is 17.4 Å². The fourth-order valence-electron chi connectivity index (χ4n) is 3.49. The Bertz CT molecular complexity index is 1050. The molecule has 1 heterocycles. The number of halogens is 1. The Hall–Kier alpha value is -3.67. The van der Waals surface area contributed by atoms with Gasteiger partial charge in [-0.3, -0.25) is 4.79 Å². The Morgan fingerprint density at radius 3 is 2.24 bits per heavy atom. The highest BCUT2D eigenvalue weighted by Gasteiger charge is 2.51. The fraction of sp³-hybridized carbons (Fsp3) is 0.130. The molecule has 4 rings (SSSR count). The van der Waals surface area contributed by atoms with Gasteiger partial charge >= 0.3 is 6.03 Å². The van der Waals surface area contributed by atoms with E-state index in [-0.39, 0.29) is 11.7 Å². The monoisotopic (exact) mass is 390 g/mol. The molecule has 0 spiro atoms. The van der Waals surface area contributed by atoms with Crippen LogP contribution in [0, 0.1) is 5.82 Å². The van der Waals surface area contributed by atoms with Gasteiger partial charge in [-0.05, 0) is 48.4 Å². The van der Waals surface area contributed by atoms with Gasteiger partial charge in [0, 0.05) is 0 Å². The number of anilines is 1. The van der Waals surface area contributed by atoms with E-state index in [1.54, 1.807) is 36.4 Å². The van der Waals surface area contributed by atoms with Crippen LogP contribution in [-0.2, 0) is 10.3 Å². The molecule has 1 aliphatic rings. The third-order valence-corrected chi connectivity index (χ3v) is 5.05. The third kappa shape index (κ3) is 3.23. The summed E-state index contributed by atoms with van der Waals surface area (Å²) in [7, 11) is 0. The molecule has 3 amide bonds. The predicted molar refractivity (Wildman–Crippen MR) is 107 cm³/mol. The van der Waals surface area contributed by atoms with Gasteiger partial charge in [0.1, 0.15) is 11.3 Å². The lowest BCUT2D eigenvalue weighted by Gasteiger charge is -2.25. The Morgan fingerprint density at radius 2 is 1.59 bits per heavy atom. The average Bonchev–Trinajstić information content (AvgIpc) is 3.01. The first-order valence-corrected chi connectivity index (χ1v) is 9.30. The summed E-state index contributed by atoms with van der Waals surface area (Å²) < 4.78 is 19.3. The second kappa shape index (κ2) is 7.39. The minimum absolute atomic E-state index is 0.101. The van der Waals surface area contributed by atoms with Gasteiger partial charge in [0.05, 0.1) is 5.69 Å². The van der Waals surface area contributed by atoms with E-state index in [1.165, 1.54) is 12.1 Å². The van der Waals surface area contributed by atoms with Gasteiger partial charge in [-0.1, -0.05) is 49.4 Å². The van der Waals surface area contributed by atoms with Crippen LogP contribution in [0.3, 0.4) is 0 Å². The molecule has 1 atom stereocenters. The number of nitrogens with one attached hydrogen (secondary N) is 1. The second-order valence-electron chi connectivity index (χ2n) is 6.72. The minimum atomic E-state index is -1.10. The van der Waals surface area contributed by atoms with Crippen LogP contribution in [0.2, 0.25) is 0 Å². The second-order valence-corrected chi connectivity index (χ2v) is 6.72. The van der Waals surface area contributed by atoms with Crippen molar-refractivity contribution in [3.05, 3.63) is 90.2 Å². The van der Waals surface area contributed by atoms with Crippen molar-refractivity contribution < 1.29 is 18.7 Å². The van der Waals surface area contributed by atoms with Gasteiger partial charge in [-0.15, -0.1) is 0 Å². The SMILES string of the molecule is CCC1(c2ccccc2)NC(=O)N(c2ccc(Oc3ccccc3F)cc2)C1=O. The van der Waals surface area contributed by atoms with Crippen molar-refractivity contribution in [1.82, 2.24) is 5.32 Å². The number of rotatable bonds is 5. The molecule has 1 aliphatic heterocycles. The summed E-state index contributed by atoms with van der Waals surface area (Å²) in [5, 5.41) is 2.85. The van der Waals surface area contributed by atoms with Crippen molar-refractivity contribution in [2.24, 2.45) is 0 Å². The van der Waals surface area contributed by atoms with Crippen LogP contribution in [0.5, 0.6) is 11.5 Å². The summed E-state index contributed by atoms with van der Waals surface area (Å²) in [6, 6.07) is 21.2. The van der Waals surface area contributed by atoms with Crippen LogP contribution in [0.4, 0.5) is 14.9 Å². The van der Waals surface area contributed by atoms with Crippen LogP contribution < -0.4 is 15.0 Å². The number of imide groups is 1. The molecule has 1 unspecified atom stereocenters. The number of para-hydroxylation sites is 1. The van der Waals surface area contributed by atoms with E-state index in [0.29, 0.717) is 17.9 Å². The lowest BCUT2D eigenvalue weighted by Crippen LogP contribution is -2.43. The first kappa shape index (κ1) is 18.7. The van der Waals surface area contributed by atoms with Crippen molar-refractivity contribution in [1.29, 1.82) is 0 Å². The maximum atomic E-state index is 13.8. The standard InChI is InChI=1S/C23H19FN2O3/c1-2-23(16-8-4-3-5-9-16)21(27)26(22(28)25-23)17-12-14-18(15-13-17)29-20-11-7-6-10-19(20)24/h3-15H,2H2,1H3,(H,25,28). The van der Waals surface area contributed by atoms with Crippen LogP contribution in [0.25, 0.3) is 0 Å². The molecule has 3 aromatic rings. The Labute approximate surface area is 167 Å². The molecule has 1 fully saturated rings. The van der Waals surface area contributed by atoms with Crippen molar-refractivity contribution in [3.8, 4) is 11.5 Å². The summed E-state index contributed by atoms with van der Waals surface area (Å²) >= 11 is 0. The Morgan fingerprint density at radius 1 is 0.931 bits per heavy atom. The highest BCUT2D eigenvalue weighted by atomic mass is 19.1. The normalized spacial score (nSPS) is 18.6. The minimum Gasteiger partial charge on any atom is -0.454 e. The summed E-state index contributed by atoms with van der Waals surface area (Å²) in [6.07, 6.45) is 0.423. The van der Waals surface area contributed by atoms with Crippen LogP contribution in [0.1, 0.15) is 18.9 Å². The number of urea groups is 1. The molecule has 0 bridgehead atoms. The molecule has 0 saturated carbocycles. The van der Waals surface area contributed by atoms with Gasteiger partial charge in [-0.25, -0.2) is 14.1 Å². The molecule has 29 heavy (non-hydrogen) atoms. The summed E-state index contributed by atoms with van der Waals surface area (Å²) in [5.41, 5.74) is 0.0585. The number of ether oxygens (including phenoxy) is 1. The zero-order valence-corrected chi connectivity index (χ0v) is 15.8. The van der Waals surface area contributed by atoms with E-state index >= 15 is 0 Å². The predicted octanol–water partition coefficient (Wildman–Crippen LogP) is 4.98. The van der Waals surface area contributed by atoms with Crippen molar-refractivity contribution in [3.63, 3.8) is 0 Å². The van der Waals surface area contributed by atoms with Gasteiger partial charge in [0.15, 0.2) is 11.6 Å². The van der Waals surface area contributed by atoms with E-state index in [0.717, 1.165) is 10.5 Å². The molecule has 5 nitrogen and oxygen atoms in total. The molecular formula is C23H19FN2O3. The van der Waals surface area contributed by atoms with Gasteiger partial charge in [0.2, 0.25) is 0 Å². The third-order valence-electron chi connectivity index (χ3n) is 5.05. The summed E-state index contributed by atoms with van der Waals surface area (Å²) in [4.78, 5) is 27.0. The number of carbonyl (C=O) groups excluding carboxylic acids is 2. The quantitative estimate of drug-likeness (QED) is 0.625. The number of nitrogens with zero attached hydrogens (tertiary/aromatic N) is 1. The highest BCUT2D eigenvalue weighted by molar-refractivity contribution is 6.23. The first-order valence-electron chi connectivity index (χ1n) is 9.30. The topological polar surface area (TPSA) is 58.6 Å². The molecule has 0 radical (unpaired) electrons. The molecule has 3 aromatic carbocycles. The number of benzene rings is 3. The number of carbonyl (C=O) groups is 2. The van der Waals surface area contributed by atoms with Gasteiger partial charge in [-0.2, -0.15) is 0 Å². The summed E-state index contributed by atoms with van der Waals surface area (Å²) in [5.74, 6) is -0.305. The number of hydrogen-bond donors (Lipinski definition) is 1. The van der Waals surface area contributed by atoms with Crippen LogP contribution >= 0.6 is 0 Å². The van der Waals surface area contributed by atoms with Crippen LogP contribution in [0.15, 0.2) is 78.9 Å². The molecule has 146 valence electrons. The Balaban J connectivity index is 1.61. The molecule has 1 N–H and O–H groups in total. The van der Waals surface area contributed by atoms with E-state index in [1.807, 2.05) is 37.3 Å². The first-order chi connectivity index (χ1) is 14.0. The average molecular weight is 390 g/mol. The van der Waals surface area contributed by atoms with Crippen molar-refractivity contribution in [2.45, 2.75) is 18.9 Å².